The molecule has 0 unspecified atom stereocenters. The number of hydrogen-bond acceptors (Lipinski definition) is 2. The van der Waals surface area contributed by atoms with Crippen molar-refractivity contribution in [3.05, 3.63) is 41.5 Å². The van der Waals surface area contributed by atoms with Gasteiger partial charge in [0.05, 0.1) is 5.57 Å². The fourth-order valence-electron chi connectivity index (χ4n) is 1.23. The highest BCUT2D eigenvalue weighted by molar-refractivity contribution is 5.98. The lowest BCUT2D eigenvalue weighted by molar-refractivity contribution is -0.114. The van der Waals surface area contributed by atoms with Crippen LogP contribution < -0.4 is 5.73 Å². The van der Waals surface area contributed by atoms with E-state index in [9.17, 15) is 9.90 Å². The van der Waals surface area contributed by atoms with Crippen molar-refractivity contribution in [2.75, 3.05) is 0 Å². The van der Waals surface area contributed by atoms with Gasteiger partial charge in [-0.1, -0.05) is 37.3 Å². The molecule has 0 radical (unpaired) electrons. The number of carbonyl (C=O) groups is 1. The Hall–Kier alpha value is -1.77. The Balaban J connectivity index is 3.15. The number of nitrogens with two attached hydrogens (primary N) is 1. The lowest BCUT2D eigenvalue weighted by Gasteiger charge is -2.05. The predicted octanol–water partition coefficient (Wildman–Crippen LogP) is 1.85. The van der Waals surface area contributed by atoms with Crippen LogP contribution in [0.1, 0.15) is 18.9 Å². The predicted molar refractivity (Wildman–Crippen MR) is 55.5 cm³/mol. The van der Waals surface area contributed by atoms with Gasteiger partial charge in [-0.25, -0.2) is 0 Å². The molecule has 1 amide bonds. The van der Waals surface area contributed by atoms with E-state index in [2.05, 4.69) is 0 Å². The summed E-state index contributed by atoms with van der Waals surface area (Å²) in [7, 11) is 0. The maximum Gasteiger partial charge on any atom is 0.248 e. The molecule has 0 atom stereocenters. The number of aliphatic hydroxyl groups is 1. The van der Waals surface area contributed by atoms with Gasteiger partial charge < -0.3 is 10.8 Å². The van der Waals surface area contributed by atoms with Gasteiger partial charge in [-0.15, -0.1) is 0 Å². The van der Waals surface area contributed by atoms with E-state index in [0.29, 0.717) is 12.0 Å². The zero-order chi connectivity index (χ0) is 10.6. The number of benzene rings is 1. The van der Waals surface area contributed by atoms with Crippen molar-refractivity contribution in [1.82, 2.24) is 0 Å². The van der Waals surface area contributed by atoms with E-state index in [-0.39, 0.29) is 11.3 Å². The van der Waals surface area contributed by atoms with Crippen LogP contribution >= 0.6 is 0 Å². The summed E-state index contributed by atoms with van der Waals surface area (Å²) in [4.78, 5) is 10.9. The van der Waals surface area contributed by atoms with E-state index in [4.69, 9.17) is 5.73 Å². The molecule has 74 valence electrons. The second-order valence-electron chi connectivity index (χ2n) is 2.91. The molecule has 0 aliphatic rings. The minimum absolute atomic E-state index is 0.0272. The fraction of sp³-hybridized carbons (Fsp3) is 0.182. The summed E-state index contributed by atoms with van der Waals surface area (Å²) >= 11 is 0. The monoisotopic (exact) mass is 191 g/mol. The summed E-state index contributed by atoms with van der Waals surface area (Å²) in [6, 6.07) is 8.88. The van der Waals surface area contributed by atoms with E-state index in [1.807, 2.05) is 6.07 Å². The largest absolute Gasteiger partial charge is 0.507 e. The zero-order valence-corrected chi connectivity index (χ0v) is 8.03. The van der Waals surface area contributed by atoms with Crippen LogP contribution in [0.3, 0.4) is 0 Å². The second-order valence-corrected chi connectivity index (χ2v) is 2.91. The van der Waals surface area contributed by atoms with Gasteiger partial charge in [-0.05, 0) is 6.42 Å². The van der Waals surface area contributed by atoms with Crippen LogP contribution in [0.4, 0.5) is 0 Å². The fourth-order valence-corrected chi connectivity index (χ4v) is 1.23. The summed E-state index contributed by atoms with van der Waals surface area (Å²) < 4.78 is 0. The van der Waals surface area contributed by atoms with Crippen molar-refractivity contribution >= 4 is 11.7 Å². The third-order valence-electron chi connectivity index (χ3n) is 1.98. The second kappa shape index (κ2) is 4.46. The molecule has 1 aromatic carbocycles. The molecule has 0 saturated heterocycles. The smallest absolute Gasteiger partial charge is 0.248 e. The van der Waals surface area contributed by atoms with Crippen LogP contribution in [0.2, 0.25) is 0 Å². The first-order valence-corrected chi connectivity index (χ1v) is 4.44. The van der Waals surface area contributed by atoms with Gasteiger partial charge in [0.15, 0.2) is 0 Å². The highest BCUT2D eigenvalue weighted by atomic mass is 16.3. The molecule has 1 rings (SSSR count). The Morgan fingerprint density at radius 2 is 1.93 bits per heavy atom. The maximum absolute atomic E-state index is 10.9. The van der Waals surface area contributed by atoms with Crippen LogP contribution in [-0.2, 0) is 4.79 Å². The molecule has 1 aromatic rings. The molecule has 0 saturated carbocycles. The standard InChI is InChI=1S/C11H13NO2/c1-2-9(11(12)14)10(13)8-6-4-3-5-7-8/h3-7,13H,2H2,1H3,(H2,12,14)/b10-9-. The number of rotatable bonds is 3. The Morgan fingerprint density at radius 1 is 1.36 bits per heavy atom. The third-order valence-corrected chi connectivity index (χ3v) is 1.98. The van der Waals surface area contributed by atoms with Crippen LogP contribution in [0.5, 0.6) is 0 Å². The molecule has 0 spiro atoms. The maximum atomic E-state index is 10.9. The van der Waals surface area contributed by atoms with E-state index in [1.54, 1.807) is 31.2 Å². The Morgan fingerprint density at radius 3 is 2.36 bits per heavy atom. The lowest BCUT2D eigenvalue weighted by Crippen LogP contribution is -2.15. The first-order chi connectivity index (χ1) is 6.66. The Bertz CT molecular complexity index is 355. The molecule has 0 aromatic heterocycles. The molecule has 3 heteroatoms. The van der Waals surface area contributed by atoms with Crippen molar-refractivity contribution in [2.45, 2.75) is 13.3 Å². The van der Waals surface area contributed by atoms with Crippen molar-refractivity contribution in [1.29, 1.82) is 0 Å². The van der Waals surface area contributed by atoms with E-state index < -0.39 is 5.91 Å². The molecule has 0 fully saturated rings. The third kappa shape index (κ3) is 2.13. The normalized spacial score (nSPS) is 12.1. The van der Waals surface area contributed by atoms with Gasteiger partial charge in [0, 0.05) is 5.56 Å². The van der Waals surface area contributed by atoms with Gasteiger partial charge >= 0.3 is 0 Å². The molecule has 0 bridgehead atoms. The first kappa shape index (κ1) is 10.3. The Kier molecular flexibility index (Phi) is 3.29. The van der Waals surface area contributed by atoms with Gasteiger partial charge in [-0.3, -0.25) is 4.79 Å². The van der Waals surface area contributed by atoms with Crippen LogP contribution in [0.25, 0.3) is 5.76 Å². The van der Waals surface area contributed by atoms with Gasteiger partial charge in [0.1, 0.15) is 5.76 Å². The van der Waals surface area contributed by atoms with E-state index in [0.717, 1.165) is 0 Å². The minimum atomic E-state index is -0.575. The van der Waals surface area contributed by atoms with Gasteiger partial charge in [0.25, 0.3) is 0 Å². The summed E-state index contributed by atoms with van der Waals surface area (Å²) in [5, 5.41) is 9.73. The number of aliphatic hydroxyl groups excluding tert-OH is 1. The first-order valence-electron chi connectivity index (χ1n) is 4.44. The van der Waals surface area contributed by atoms with Crippen LogP contribution in [0, 0.1) is 0 Å². The molecule has 0 aliphatic heterocycles. The average Bonchev–Trinajstić information content (AvgIpc) is 2.19. The molecule has 0 heterocycles. The minimum Gasteiger partial charge on any atom is -0.507 e. The molecule has 3 N–H and O–H groups in total. The highest BCUT2D eigenvalue weighted by Crippen LogP contribution is 2.17. The van der Waals surface area contributed by atoms with Crippen LogP contribution in [-0.4, -0.2) is 11.0 Å². The zero-order valence-electron chi connectivity index (χ0n) is 8.03. The van der Waals surface area contributed by atoms with Gasteiger partial charge in [-0.2, -0.15) is 0 Å². The van der Waals surface area contributed by atoms with Crippen molar-refractivity contribution < 1.29 is 9.90 Å². The summed E-state index contributed by atoms with van der Waals surface area (Å²) in [6.07, 6.45) is 0.427. The molecule has 14 heavy (non-hydrogen) atoms. The summed E-state index contributed by atoms with van der Waals surface area (Å²) in [6.45, 7) is 1.78. The number of primary amides is 1. The van der Waals surface area contributed by atoms with Crippen molar-refractivity contribution in [3.8, 4) is 0 Å². The molecule has 3 nitrogen and oxygen atoms in total. The molecule has 0 aliphatic carbocycles. The summed E-state index contributed by atoms with van der Waals surface area (Å²) in [5.41, 5.74) is 6.00. The molecular weight excluding hydrogens is 178 g/mol. The van der Waals surface area contributed by atoms with E-state index in [1.165, 1.54) is 0 Å². The van der Waals surface area contributed by atoms with E-state index >= 15 is 0 Å². The topological polar surface area (TPSA) is 63.3 Å². The highest BCUT2D eigenvalue weighted by Gasteiger charge is 2.10. The molecular formula is C11H13NO2. The Labute approximate surface area is 82.9 Å². The summed E-state index contributed by atoms with van der Waals surface area (Å²) in [5.74, 6) is -0.602. The number of carbonyl (C=O) groups excluding carboxylic acids is 1. The van der Waals surface area contributed by atoms with Crippen molar-refractivity contribution in [3.63, 3.8) is 0 Å². The van der Waals surface area contributed by atoms with Gasteiger partial charge in [0.2, 0.25) is 5.91 Å². The van der Waals surface area contributed by atoms with Crippen molar-refractivity contribution in [2.24, 2.45) is 5.73 Å². The lowest BCUT2D eigenvalue weighted by atomic mass is 10.1. The quantitative estimate of drug-likeness (QED) is 0.565. The SMILES string of the molecule is CC/C(C(N)=O)=C(/O)c1ccccc1. The average molecular weight is 191 g/mol. The number of hydrogen-bond donors (Lipinski definition) is 2. The number of amides is 1. The van der Waals surface area contributed by atoms with Crippen LogP contribution in [0.15, 0.2) is 35.9 Å².